The lowest BCUT2D eigenvalue weighted by atomic mass is 9.97. The Morgan fingerprint density at radius 2 is 1.61 bits per heavy atom. The van der Waals surface area contributed by atoms with E-state index in [2.05, 4.69) is 10.6 Å². The van der Waals surface area contributed by atoms with E-state index >= 15 is 0 Å². The maximum atomic E-state index is 12.9. The van der Waals surface area contributed by atoms with Gasteiger partial charge in [-0.05, 0) is 58.6 Å². The second kappa shape index (κ2) is 11.2. The highest BCUT2D eigenvalue weighted by Gasteiger charge is 2.30. The quantitative estimate of drug-likeness (QED) is 0.514. The van der Waals surface area contributed by atoms with Crippen LogP contribution in [0.15, 0.2) is 24.3 Å². The molecule has 2 N–H and O–H groups in total. The first kappa shape index (κ1) is 26.5. The monoisotopic (exact) mass is 434 g/mol. The summed E-state index contributed by atoms with van der Waals surface area (Å²) in [5.74, 6) is -1.12. The van der Waals surface area contributed by atoms with Crippen LogP contribution in [0.2, 0.25) is 0 Å². The molecule has 174 valence electrons. The van der Waals surface area contributed by atoms with Crippen LogP contribution in [-0.2, 0) is 14.3 Å². The Bertz CT molecular complexity index is 769. The highest BCUT2D eigenvalue weighted by molar-refractivity contribution is 6.03. The summed E-state index contributed by atoms with van der Waals surface area (Å²) >= 11 is 0. The van der Waals surface area contributed by atoms with E-state index in [-0.39, 0.29) is 11.5 Å². The van der Waals surface area contributed by atoms with Gasteiger partial charge in [0, 0.05) is 0 Å². The van der Waals surface area contributed by atoms with Crippen LogP contribution in [-0.4, -0.2) is 35.2 Å². The number of anilines is 1. The van der Waals surface area contributed by atoms with Crippen LogP contribution in [0.25, 0.3) is 0 Å². The van der Waals surface area contributed by atoms with Crippen molar-refractivity contribution in [2.75, 3.05) is 5.32 Å². The van der Waals surface area contributed by atoms with Crippen molar-refractivity contribution in [2.24, 2.45) is 5.92 Å². The predicted molar refractivity (Wildman–Crippen MR) is 122 cm³/mol. The number of benzene rings is 1. The number of ether oxygens (including phenoxy) is 2. The van der Waals surface area contributed by atoms with Crippen molar-refractivity contribution in [1.29, 1.82) is 0 Å². The molecular formula is C24H38N2O5. The van der Waals surface area contributed by atoms with Gasteiger partial charge < -0.3 is 20.1 Å². The van der Waals surface area contributed by atoms with Crippen LogP contribution in [0, 0.1) is 5.92 Å². The fourth-order valence-electron chi connectivity index (χ4n) is 3.06. The Kier molecular flexibility index (Phi) is 9.53. The Balaban J connectivity index is 3.02. The average molecular weight is 435 g/mol. The van der Waals surface area contributed by atoms with Gasteiger partial charge >= 0.3 is 12.1 Å². The Hall–Kier alpha value is -2.57. The molecule has 7 nitrogen and oxygen atoms in total. The highest BCUT2D eigenvalue weighted by Crippen LogP contribution is 2.26. The number of alkyl carbamates (subject to hydrolysis) is 1. The normalized spacial score (nSPS) is 14.4. The fourth-order valence-corrected chi connectivity index (χ4v) is 3.06. The lowest BCUT2D eigenvalue weighted by Gasteiger charge is -2.28. The second-order valence-electron chi connectivity index (χ2n) is 9.35. The molecule has 2 atom stereocenters. The molecule has 0 aliphatic carbocycles. The summed E-state index contributed by atoms with van der Waals surface area (Å²) in [7, 11) is 0. The summed E-state index contributed by atoms with van der Waals surface area (Å²) in [5, 5.41) is 5.38. The van der Waals surface area contributed by atoms with Crippen molar-refractivity contribution in [3.05, 3.63) is 29.8 Å². The number of amides is 2. The molecule has 0 aromatic heterocycles. The number of esters is 1. The van der Waals surface area contributed by atoms with Crippen LogP contribution < -0.4 is 10.6 Å². The van der Waals surface area contributed by atoms with E-state index in [9.17, 15) is 14.4 Å². The molecule has 0 aliphatic heterocycles. The maximum absolute atomic E-state index is 12.9. The van der Waals surface area contributed by atoms with Crippen molar-refractivity contribution >= 4 is 23.7 Å². The number of hydrogen-bond donors (Lipinski definition) is 2. The molecule has 2 amide bonds. The number of para-hydroxylation sites is 1. The summed E-state index contributed by atoms with van der Waals surface area (Å²) in [6, 6.07) is 5.87. The van der Waals surface area contributed by atoms with Gasteiger partial charge in [0.25, 0.3) is 0 Å². The molecule has 0 unspecified atom stereocenters. The summed E-state index contributed by atoms with van der Waals surface area (Å²) in [6.45, 7) is 14.8. The zero-order valence-corrected chi connectivity index (χ0v) is 20.1. The Morgan fingerprint density at radius 3 is 2.13 bits per heavy atom. The molecule has 0 radical (unpaired) electrons. The van der Waals surface area contributed by atoms with Crippen LogP contribution in [0.3, 0.4) is 0 Å². The van der Waals surface area contributed by atoms with Gasteiger partial charge in [-0.1, -0.05) is 46.2 Å². The first-order valence-corrected chi connectivity index (χ1v) is 10.9. The van der Waals surface area contributed by atoms with E-state index in [0.717, 1.165) is 12.8 Å². The van der Waals surface area contributed by atoms with Gasteiger partial charge in [0.2, 0.25) is 5.91 Å². The van der Waals surface area contributed by atoms with Gasteiger partial charge in [-0.15, -0.1) is 0 Å². The molecular weight excluding hydrogens is 396 g/mol. The van der Waals surface area contributed by atoms with Gasteiger partial charge in [0.1, 0.15) is 17.2 Å². The first-order valence-electron chi connectivity index (χ1n) is 10.9. The minimum absolute atomic E-state index is 0.195. The number of nitrogens with one attached hydrogen (secondary N) is 2. The Morgan fingerprint density at radius 1 is 1.00 bits per heavy atom. The van der Waals surface area contributed by atoms with Gasteiger partial charge in [0.05, 0.1) is 11.3 Å². The molecule has 7 heteroatoms. The fraction of sp³-hybridized carbons (Fsp3) is 0.625. The summed E-state index contributed by atoms with van der Waals surface area (Å²) in [6.07, 6.45) is 1.66. The second-order valence-corrected chi connectivity index (χ2v) is 9.35. The predicted octanol–water partition coefficient (Wildman–Crippen LogP) is 5.30. The molecule has 0 saturated heterocycles. The summed E-state index contributed by atoms with van der Waals surface area (Å²) < 4.78 is 11.0. The molecule has 31 heavy (non-hydrogen) atoms. The molecule has 0 saturated carbocycles. The van der Waals surface area contributed by atoms with Gasteiger partial charge in [-0.25, -0.2) is 9.59 Å². The molecule has 1 rings (SSSR count). The topological polar surface area (TPSA) is 93.7 Å². The number of carbonyl (C=O) groups excluding carboxylic acids is 3. The Labute approximate surface area is 186 Å². The highest BCUT2D eigenvalue weighted by atomic mass is 16.6. The van der Waals surface area contributed by atoms with E-state index in [4.69, 9.17) is 9.47 Å². The summed E-state index contributed by atoms with van der Waals surface area (Å²) in [4.78, 5) is 38.0. The third-order valence-electron chi connectivity index (χ3n) is 4.89. The standard InChI is InChI=1S/C24H38N2O5/c1-9-15-24(8,10-2)30-21(28)17-13-11-12-14-18(17)25-20(27)19(16(3)4)26-22(29)31-23(5,6)7/h11-14,16,19H,9-10,15H2,1-8H3,(H,25,27)(H,26,29)/t19-,24-/m0/s1. The van der Waals surface area contributed by atoms with Crippen LogP contribution in [0.4, 0.5) is 10.5 Å². The van der Waals surface area contributed by atoms with Crippen molar-refractivity contribution in [3.63, 3.8) is 0 Å². The van der Waals surface area contributed by atoms with Crippen LogP contribution >= 0.6 is 0 Å². The molecule has 0 heterocycles. The zero-order valence-electron chi connectivity index (χ0n) is 20.1. The number of rotatable bonds is 9. The van der Waals surface area contributed by atoms with E-state index in [1.807, 2.05) is 34.6 Å². The molecule has 0 fully saturated rings. The number of carbonyl (C=O) groups is 3. The van der Waals surface area contributed by atoms with Gasteiger partial charge in [-0.2, -0.15) is 0 Å². The average Bonchev–Trinajstić information content (AvgIpc) is 2.64. The van der Waals surface area contributed by atoms with Crippen molar-refractivity contribution in [3.8, 4) is 0 Å². The lowest BCUT2D eigenvalue weighted by molar-refractivity contribution is -0.119. The minimum atomic E-state index is -0.833. The smallest absolute Gasteiger partial charge is 0.408 e. The first-order chi connectivity index (χ1) is 14.3. The molecule has 1 aromatic rings. The molecule has 0 spiro atoms. The van der Waals surface area contributed by atoms with Gasteiger partial charge in [0.15, 0.2) is 0 Å². The largest absolute Gasteiger partial charge is 0.456 e. The van der Waals surface area contributed by atoms with Crippen LogP contribution in [0.1, 0.15) is 85.0 Å². The van der Waals surface area contributed by atoms with Crippen molar-refractivity contribution < 1.29 is 23.9 Å². The number of hydrogen-bond acceptors (Lipinski definition) is 5. The van der Waals surface area contributed by atoms with Crippen molar-refractivity contribution in [1.82, 2.24) is 5.32 Å². The summed E-state index contributed by atoms with van der Waals surface area (Å²) in [5.41, 5.74) is -0.639. The lowest BCUT2D eigenvalue weighted by Crippen LogP contribution is -2.48. The SMILES string of the molecule is CCC[C@](C)(CC)OC(=O)c1ccccc1NC(=O)[C@@H](NC(=O)OC(C)(C)C)C(C)C. The zero-order chi connectivity index (χ0) is 23.8. The molecule has 0 aliphatic rings. The van der Waals surface area contributed by atoms with E-state index in [0.29, 0.717) is 12.1 Å². The van der Waals surface area contributed by atoms with Crippen LogP contribution in [0.5, 0.6) is 0 Å². The minimum Gasteiger partial charge on any atom is -0.456 e. The van der Waals surface area contributed by atoms with Gasteiger partial charge in [-0.3, -0.25) is 4.79 Å². The van der Waals surface area contributed by atoms with E-state index in [1.54, 1.807) is 45.0 Å². The van der Waals surface area contributed by atoms with E-state index < -0.39 is 35.2 Å². The maximum Gasteiger partial charge on any atom is 0.408 e. The molecule has 1 aromatic carbocycles. The third-order valence-corrected chi connectivity index (χ3v) is 4.89. The van der Waals surface area contributed by atoms with E-state index in [1.165, 1.54) is 0 Å². The third kappa shape index (κ3) is 8.59. The molecule has 0 bridgehead atoms. The van der Waals surface area contributed by atoms with Crippen molar-refractivity contribution in [2.45, 2.75) is 91.9 Å².